The summed E-state index contributed by atoms with van der Waals surface area (Å²) in [6, 6.07) is 0. The largest absolute Gasteiger partial charge is 0.389 e. The highest BCUT2D eigenvalue weighted by molar-refractivity contribution is 4.86. The van der Waals surface area contributed by atoms with Crippen LogP contribution in [0.3, 0.4) is 0 Å². The van der Waals surface area contributed by atoms with Gasteiger partial charge in [-0.1, -0.05) is 32.4 Å². The van der Waals surface area contributed by atoms with Gasteiger partial charge in [-0.05, 0) is 12.8 Å². The lowest BCUT2D eigenvalue weighted by Gasteiger charge is -1.99. The first-order valence-electron chi connectivity index (χ1n) is 3.66. The Bertz CT molecular complexity index is 76.6. The van der Waals surface area contributed by atoms with E-state index in [1.54, 1.807) is 0 Å². The number of allylic oxidation sites excluding steroid dienone is 1. The minimum Gasteiger partial charge on any atom is -0.389 e. The molecule has 0 aromatic carbocycles. The minimum absolute atomic E-state index is 0.213. The maximum Gasteiger partial charge on any atom is 0.0720 e. The van der Waals surface area contributed by atoms with Crippen LogP contribution in [-0.2, 0) is 0 Å². The summed E-state index contributed by atoms with van der Waals surface area (Å²) in [4.78, 5) is 0. The zero-order valence-corrected chi connectivity index (χ0v) is 6.30. The second kappa shape index (κ2) is 5.83. The summed E-state index contributed by atoms with van der Waals surface area (Å²) < 4.78 is 0. The molecule has 0 aliphatic rings. The van der Waals surface area contributed by atoms with Crippen LogP contribution >= 0.6 is 0 Å². The fourth-order valence-corrected chi connectivity index (χ4v) is 0.685. The van der Waals surface area contributed by atoms with Crippen LogP contribution in [0.5, 0.6) is 0 Å². The molecule has 1 atom stereocenters. The van der Waals surface area contributed by atoms with E-state index in [-0.39, 0.29) is 6.10 Å². The lowest BCUT2D eigenvalue weighted by molar-refractivity contribution is 0.211. The van der Waals surface area contributed by atoms with Crippen LogP contribution < -0.4 is 0 Å². The van der Waals surface area contributed by atoms with Crippen LogP contribution in [0, 0.1) is 0 Å². The lowest BCUT2D eigenvalue weighted by atomic mass is 10.2. The molecular formula is C8H16O. The first-order chi connectivity index (χ1) is 4.31. The Hall–Kier alpha value is -0.300. The number of hydrogen-bond donors (Lipinski definition) is 1. The predicted molar refractivity (Wildman–Crippen MR) is 40.3 cm³/mol. The highest BCUT2D eigenvalue weighted by Crippen LogP contribution is 1.97. The molecule has 0 amide bonds. The molecule has 0 saturated heterocycles. The second-order valence-electron chi connectivity index (χ2n) is 2.19. The number of rotatable bonds is 4. The maximum absolute atomic E-state index is 9.09. The van der Waals surface area contributed by atoms with E-state index in [0.717, 1.165) is 19.3 Å². The second-order valence-corrected chi connectivity index (χ2v) is 2.19. The molecule has 0 aliphatic carbocycles. The van der Waals surface area contributed by atoms with Gasteiger partial charge in [-0.3, -0.25) is 0 Å². The SMILES string of the molecule is CC/C=C/[C@H](O)CCC. The van der Waals surface area contributed by atoms with Gasteiger partial charge >= 0.3 is 0 Å². The Morgan fingerprint density at radius 2 is 2.11 bits per heavy atom. The molecule has 1 N–H and O–H groups in total. The van der Waals surface area contributed by atoms with Gasteiger partial charge in [0.1, 0.15) is 0 Å². The molecule has 0 saturated carbocycles. The molecule has 0 heterocycles. The van der Waals surface area contributed by atoms with Crippen molar-refractivity contribution >= 4 is 0 Å². The Kier molecular flexibility index (Phi) is 5.64. The summed E-state index contributed by atoms with van der Waals surface area (Å²) in [5.41, 5.74) is 0. The number of aliphatic hydroxyl groups excluding tert-OH is 1. The monoisotopic (exact) mass is 128 g/mol. The van der Waals surface area contributed by atoms with E-state index < -0.39 is 0 Å². The zero-order valence-electron chi connectivity index (χ0n) is 6.30. The molecule has 0 aromatic rings. The quantitative estimate of drug-likeness (QED) is 0.575. The van der Waals surface area contributed by atoms with E-state index in [2.05, 4.69) is 13.8 Å². The summed E-state index contributed by atoms with van der Waals surface area (Å²) in [5.74, 6) is 0. The molecule has 1 nitrogen and oxygen atoms in total. The van der Waals surface area contributed by atoms with Gasteiger partial charge in [0.2, 0.25) is 0 Å². The Morgan fingerprint density at radius 3 is 2.56 bits per heavy atom. The van der Waals surface area contributed by atoms with Gasteiger partial charge in [0, 0.05) is 0 Å². The van der Waals surface area contributed by atoms with E-state index >= 15 is 0 Å². The summed E-state index contributed by atoms with van der Waals surface area (Å²) in [5, 5.41) is 9.09. The highest BCUT2D eigenvalue weighted by Gasteiger charge is 1.92. The van der Waals surface area contributed by atoms with Crippen molar-refractivity contribution in [2.24, 2.45) is 0 Å². The third-order valence-corrected chi connectivity index (χ3v) is 1.18. The molecule has 0 bridgehead atoms. The molecule has 0 rings (SSSR count). The third-order valence-electron chi connectivity index (χ3n) is 1.18. The van der Waals surface area contributed by atoms with Crippen LogP contribution in [0.25, 0.3) is 0 Å². The molecular weight excluding hydrogens is 112 g/mol. The van der Waals surface area contributed by atoms with Crippen LogP contribution in [0.4, 0.5) is 0 Å². The van der Waals surface area contributed by atoms with Gasteiger partial charge in [0.05, 0.1) is 6.10 Å². The van der Waals surface area contributed by atoms with E-state index in [1.807, 2.05) is 12.2 Å². The maximum atomic E-state index is 9.09. The Balaban J connectivity index is 3.25. The van der Waals surface area contributed by atoms with Crippen molar-refractivity contribution in [2.45, 2.75) is 39.2 Å². The zero-order chi connectivity index (χ0) is 7.11. The van der Waals surface area contributed by atoms with Gasteiger partial charge in [0.25, 0.3) is 0 Å². The summed E-state index contributed by atoms with van der Waals surface area (Å²) in [6.45, 7) is 4.14. The van der Waals surface area contributed by atoms with Gasteiger partial charge in [0.15, 0.2) is 0 Å². The van der Waals surface area contributed by atoms with Crippen LogP contribution in [-0.4, -0.2) is 11.2 Å². The Labute approximate surface area is 57.4 Å². The molecule has 0 radical (unpaired) electrons. The number of hydrogen-bond acceptors (Lipinski definition) is 1. The molecule has 0 aliphatic heterocycles. The molecule has 0 aromatic heterocycles. The van der Waals surface area contributed by atoms with Crippen molar-refractivity contribution in [2.75, 3.05) is 0 Å². The van der Waals surface area contributed by atoms with E-state index in [4.69, 9.17) is 5.11 Å². The van der Waals surface area contributed by atoms with Gasteiger partial charge in [-0.15, -0.1) is 0 Å². The van der Waals surface area contributed by atoms with Crippen LogP contribution in [0.2, 0.25) is 0 Å². The van der Waals surface area contributed by atoms with Crippen molar-refractivity contribution in [1.82, 2.24) is 0 Å². The molecule has 54 valence electrons. The average Bonchev–Trinajstić information content (AvgIpc) is 1.85. The fourth-order valence-electron chi connectivity index (χ4n) is 0.685. The third kappa shape index (κ3) is 5.57. The first-order valence-corrected chi connectivity index (χ1v) is 3.66. The van der Waals surface area contributed by atoms with E-state index in [0.29, 0.717) is 0 Å². The van der Waals surface area contributed by atoms with Crippen molar-refractivity contribution in [3.63, 3.8) is 0 Å². The molecule has 9 heavy (non-hydrogen) atoms. The lowest BCUT2D eigenvalue weighted by Crippen LogP contribution is -1.99. The fraction of sp³-hybridized carbons (Fsp3) is 0.750. The standard InChI is InChI=1S/C8H16O/c1-3-5-7-8(9)6-4-2/h5,7-9H,3-4,6H2,1-2H3/b7-5+/t8-/m1/s1. The van der Waals surface area contributed by atoms with Crippen molar-refractivity contribution in [1.29, 1.82) is 0 Å². The molecule has 1 heteroatoms. The molecule has 0 fully saturated rings. The summed E-state index contributed by atoms with van der Waals surface area (Å²) in [6.07, 6.45) is 6.60. The summed E-state index contributed by atoms with van der Waals surface area (Å²) in [7, 11) is 0. The smallest absolute Gasteiger partial charge is 0.0720 e. The van der Waals surface area contributed by atoms with Gasteiger partial charge in [-0.25, -0.2) is 0 Å². The average molecular weight is 128 g/mol. The topological polar surface area (TPSA) is 20.2 Å². The Morgan fingerprint density at radius 1 is 1.44 bits per heavy atom. The highest BCUT2D eigenvalue weighted by atomic mass is 16.3. The van der Waals surface area contributed by atoms with Crippen molar-refractivity contribution < 1.29 is 5.11 Å². The first kappa shape index (κ1) is 8.70. The summed E-state index contributed by atoms with van der Waals surface area (Å²) >= 11 is 0. The van der Waals surface area contributed by atoms with Gasteiger partial charge in [-0.2, -0.15) is 0 Å². The van der Waals surface area contributed by atoms with Crippen molar-refractivity contribution in [3.05, 3.63) is 12.2 Å². The normalized spacial score (nSPS) is 14.6. The van der Waals surface area contributed by atoms with Gasteiger partial charge < -0.3 is 5.11 Å². The minimum atomic E-state index is -0.213. The molecule has 0 spiro atoms. The molecule has 0 unspecified atom stereocenters. The number of aliphatic hydroxyl groups is 1. The van der Waals surface area contributed by atoms with E-state index in [9.17, 15) is 0 Å². The van der Waals surface area contributed by atoms with Crippen LogP contribution in [0.15, 0.2) is 12.2 Å². The predicted octanol–water partition coefficient (Wildman–Crippen LogP) is 2.11. The van der Waals surface area contributed by atoms with E-state index in [1.165, 1.54) is 0 Å². The van der Waals surface area contributed by atoms with Crippen LogP contribution in [0.1, 0.15) is 33.1 Å². The van der Waals surface area contributed by atoms with Crippen molar-refractivity contribution in [3.8, 4) is 0 Å².